The molecule has 0 aliphatic heterocycles. The van der Waals surface area contributed by atoms with Crippen LogP contribution in [-0.4, -0.2) is 24.7 Å². The Kier molecular flexibility index (Phi) is 6.84. The van der Waals surface area contributed by atoms with Gasteiger partial charge in [-0.15, -0.1) is 0 Å². The average molecular weight is 473 g/mol. The Morgan fingerprint density at radius 3 is 1.44 bits per heavy atom. The lowest BCUT2D eigenvalue weighted by Gasteiger charge is -2.13. The van der Waals surface area contributed by atoms with E-state index in [0.717, 1.165) is 47.2 Å². The van der Waals surface area contributed by atoms with Crippen molar-refractivity contribution in [3.8, 4) is 0 Å². The molecule has 0 fully saturated rings. The maximum atomic E-state index is 5.68. The topological polar surface area (TPSA) is 59.7 Å². The number of nitrogens with zero attached hydrogens (tertiary/aromatic N) is 4. The van der Waals surface area contributed by atoms with E-state index in [4.69, 9.17) is 22.4 Å². The van der Waals surface area contributed by atoms with Gasteiger partial charge >= 0.3 is 0 Å². The number of thiocarbonyl (C=S) groups is 1. The highest BCUT2D eigenvalue weighted by Gasteiger charge is 2.17. The normalized spacial score (nSPS) is 11.0. The molecule has 0 amide bonds. The second-order valence-electron chi connectivity index (χ2n) is 8.84. The number of hydrogen-bond donors (Lipinski definition) is 2. The number of rotatable bonds is 6. The Morgan fingerprint density at radius 2 is 1.06 bits per heavy atom. The summed E-state index contributed by atoms with van der Waals surface area (Å²) in [5.41, 5.74) is 10.8. The van der Waals surface area contributed by atoms with Gasteiger partial charge in [0.2, 0.25) is 0 Å². The Hall–Kier alpha value is -3.45. The number of nitrogens with one attached hydrogen (secondary N) is 2. The van der Waals surface area contributed by atoms with Gasteiger partial charge in [-0.25, -0.2) is 0 Å². The molecule has 0 bridgehead atoms. The van der Waals surface area contributed by atoms with E-state index >= 15 is 0 Å². The maximum Gasteiger partial charge on any atom is 0.175 e. The molecule has 7 heteroatoms. The fourth-order valence-corrected chi connectivity index (χ4v) is 4.42. The summed E-state index contributed by atoms with van der Waals surface area (Å²) in [6, 6.07) is 16.8. The Bertz CT molecular complexity index is 1250. The van der Waals surface area contributed by atoms with Crippen LogP contribution in [0.25, 0.3) is 0 Å². The lowest BCUT2D eigenvalue weighted by Crippen LogP contribution is -2.21. The minimum Gasteiger partial charge on any atom is -0.329 e. The molecule has 0 atom stereocenters. The first kappa shape index (κ1) is 23.7. The third-order valence-corrected chi connectivity index (χ3v) is 6.61. The summed E-state index contributed by atoms with van der Waals surface area (Å²) in [5.74, 6) is 0. The quantitative estimate of drug-likeness (QED) is 0.346. The molecule has 6 nitrogen and oxygen atoms in total. The minimum absolute atomic E-state index is 0.531. The molecule has 0 spiro atoms. The summed E-state index contributed by atoms with van der Waals surface area (Å²) in [6.45, 7) is 13.9. The summed E-state index contributed by atoms with van der Waals surface area (Å²) in [7, 11) is 0. The van der Waals surface area contributed by atoms with Crippen molar-refractivity contribution in [2.75, 3.05) is 10.6 Å². The molecule has 0 aliphatic carbocycles. The predicted octanol–water partition coefficient (Wildman–Crippen LogP) is 5.84. The van der Waals surface area contributed by atoms with Gasteiger partial charge in [0, 0.05) is 0 Å². The predicted molar refractivity (Wildman–Crippen MR) is 144 cm³/mol. The van der Waals surface area contributed by atoms with Gasteiger partial charge in [-0.1, -0.05) is 48.5 Å². The van der Waals surface area contributed by atoms with Gasteiger partial charge in [-0.3, -0.25) is 9.36 Å². The van der Waals surface area contributed by atoms with Crippen LogP contribution >= 0.6 is 12.2 Å². The molecule has 176 valence electrons. The van der Waals surface area contributed by atoms with E-state index in [0.29, 0.717) is 5.11 Å². The van der Waals surface area contributed by atoms with Crippen LogP contribution in [0.3, 0.4) is 0 Å². The van der Waals surface area contributed by atoms with Gasteiger partial charge in [0.1, 0.15) is 0 Å². The zero-order chi connectivity index (χ0) is 24.4. The zero-order valence-corrected chi connectivity index (χ0v) is 21.5. The molecule has 2 aromatic heterocycles. The summed E-state index contributed by atoms with van der Waals surface area (Å²) in [6.07, 6.45) is 0. The second-order valence-corrected chi connectivity index (χ2v) is 9.25. The minimum atomic E-state index is 0.531. The SMILES string of the molecule is Cc1ccccc1Cn1nc(C)c(NC(=S)Nc2c(C)nn(Cc3ccccc3C)c2C)c1C. The van der Waals surface area contributed by atoms with Crippen LogP contribution in [0, 0.1) is 41.5 Å². The van der Waals surface area contributed by atoms with Gasteiger partial charge in [-0.2, -0.15) is 10.2 Å². The van der Waals surface area contributed by atoms with E-state index in [1.54, 1.807) is 0 Å². The van der Waals surface area contributed by atoms with Crippen LogP contribution < -0.4 is 10.6 Å². The molecule has 0 radical (unpaired) electrons. The van der Waals surface area contributed by atoms with E-state index in [9.17, 15) is 0 Å². The number of aromatic nitrogens is 4. The van der Waals surface area contributed by atoms with Gasteiger partial charge < -0.3 is 10.6 Å². The molecule has 2 heterocycles. The van der Waals surface area contributed by atoms with Gasteiger partial charge in [0.05, 0.1) is 47.2 Å². The van der Waals surface area contributed by atoms with E-state index in [1.165, 1.54) is 22.3 Å². The summed E-state index contributed by atoms with van der Waals surface area (Å²) in [5, 5.41) is 16.8. The van der Waals surface area contributed by atoms with Crippen molar-refractivity contribution in [2.24, 2.45) is 0 Å². The highest BCUT2D eigenvalue weighted by atomic mass is 32.1. The maximum absolute atomic E-state index is 5.68. The first-order chi connectivity index (χ1) is 16.2. The first-order valence-electron chi connectivity index (χ1n) is 11.5. The fourth-order valence-electron chi connectivity index (χ4n) is 4.22. The highest BCUT2D eigenvalue weighted by Crippen LogP contribution is 2.24. The molecule has 0 saturated carbocycles. The van der Waals surface area contributed by atoms with Crippen molar-refractivity contribution >= 4 is 28.7 Å². The lowest BCUT2D eigenvalue weighted by atomic mass is 10.1. The number of benzene rings is 2. The second kappa shape index (κ2) is 9.81. The van der Waals surface area contributed by atoms with Crippen molar-refractivity contribution < 1.29 is 0 Å². The van der Waals surface area contributed by atoms with Gasteiger partial charge in [0.25, 0.3) is 0 Å². The average Bonchev–Trinajstić information content (AvgIpc) is 3.21. The molecular weight excluding hydrogens is 440 g/mol. The molecule has 4 rings (SSSR count). The fraction of sp³-hybridized carbons (Fsp3) is 0.296. The van der Waals surface area contributed by atoms with E-state index in [2.05, 4.69) is 86.9 Å². The van der Waals surface area contributed by atoms with Crippen LogP contribution in [0.2, 0.25) is 0 Å². The molecule has 0 aliphatic rings. The molecular formula is C27H32N6S. The van der Waals surface area contributed by atoms with Crippen LogP contribution in [-0.2, 0) is 13.1 Å². The van der Waals surface area contributed by atoms with Crippen LogP contribution in [0.5, 0.6) is 0 Å². The van der Waals surface area contributed by atoms with Crippen molar-refractivity contribution in [2.45, 2.75) is 54.6 Å². The largest absolute Gasteiger partial charge is 0.329 e. The molecule has 2 N–H and O–H groups in total. The first-order valence-corrected chi connectivity index (χ1v) is 11.9. The van der Waals surface area contributed by atoms with Crippen LogP contribution in [0.4, 0.5) is 11.4 Å². The van der Waals surface area contributed by atoms with Gasteiger partial charge in [0.15, 0.2) is 5.11 Å². The number of hydrogen-bond acceptors (Lipinski definition) is 3. The number of anilines is 2. The Labute approximate surface area is 207 Å². The molecule has 4 aromatic rings. The van der Waals surface area contributed by atoms with Crippen LogP contribution in [0.15, 0.2) is 48.5 Å². The summed E-state index contributed by atoms with van der Waals surface area (Å²) < 4.78 is 4.05. The van der Waals surface area contributed by atoms with Crippen molar-refractivity contribution in [1.82, 2.24) is 19.6 Å². The third-order valence-electron chi connectivity index (χ3n) is 6.40. The molecule has 2 aromatic carbocycles. The van der Waals surface area contributed by atoms with Crippen molar-refractivity contribution in [3.05, 3.63) is 93.6 Å². The number of aryl methyl sites for hydroxylation is 4. The Morgan fingerprint density at radius 1 is 0.676 bits per heavy atom. The summed E-state index contributed by atoms with van der Waals surface area (Å²) in [4.78, 5) is 0. The van der Waals surface area contributed by atoms with E-state index in [-0.39, 0.29) is 0 Å². The molecule has 0 saturated heterocycles. The monoisotopic (exact) mass is 472 g/mol. The van der Waals surface area contributed by atoms with E-state index in [1.807, 2.05) is 23.2 Å². The Balaban J connectivity index is 1.49. The van der Waals surface area contributed by atoms with E-state index < -0.39 is 0 Å². The highest BCUT2D eigenvalue weighted by molar-refractivity contribution is 7.80. The lowest BCUT2D eigenvalue weighted by molar-refractivity contribution is 0.657. The van der Waals surface area contributed by atoms with Crippen molar-refractivity contribution in [1.29, 1.82) is 0 Å². The van der Waals surface area contributed by atoms with Crippen molar-refractivity contribution in [3.63, 3.8) is 0 Å². The van der Waals surface area contributed by atoms with Crippen LogP contribution in [0.1, 0.15) is 45.0 Å². The zero-order valence-electron chi connectivity index (χ0n) is 20.7. The molecule has 0 unspecified atom stereocenters. The summed E-state index contributed by atoms with van der Waals surface area (Å²) >= 11 is 5.68. The smallest absolute Gasteiger partial charge is 0.175 e. The third kappa shape index (κ3) is 4.89. The standard InChI is InChI=1S/C27H32N6S/c1-17-11-7-9-13-23(17)15-32-21(5)25(19(3)30-32)28-27(34)29-26-20(4)31-33(22(26)6)16-24-14-10-8-12-18(24)2/h7-14H,15-16H2,1-6H3,(H2,28,29,34). The molecule has 34 heavy (non-hydrogen) atoms. The van der Waals surface area contributed by atoms with Gasteiger partial charge in [-0.05, 0) is 76.0 Å².